The van der Waals surface area contributed by atoms with Gasteiger partial charge in [-0.3, -0.25) is 10.1 Å². The van der Waals surface area contributed by atoms with Gasteiger partial charge in [0.15, 0.2) is 0 Å². The Kier molecular flexibility index (Phi) is 2.34. The second-order valence-electron chi connectivity index (χ2n) is 3.94. The first-order chi connectivity index (χ1) is 8.25. The Morgan fingerprint density at radius 1 is 1.24 bits per heavy atom. The Labute approximate surface area is 103 Å². The summed E-state index contributed by atoms with van der Waals surface area (Å²) in [6.07, 6.45) is 3.61. The number of rotatable bonds is 1. The third-order valence-corrected chi connectivity index (χ3v) is 3.09. The molecule has 17 heavy (non-hydrogen) atoms. The highest BCUT2D eigenvalue weighted by Gasteiger charge is 2.08. The molecular weight excluding hydrogens is 234 g/mol. The zero-order chi connectivity index (χ0) is 11.8. The van der Waals surface area contributed by atoms with E-state index in [0.29, 0.717) is 5.02 Å². The summed E-state index contributed by atoms with van der Waals surface area (Å²) in [5, 5.41) is 8.68. The molecule has 0 radical (unpaired) electrons. The number of H-pyrrole nitrogens is 1. The molecule has 0 atom stereocenters. The summed E-state index contributed by atoms with van der Waals surface area (Å²) in [6, 6.07) is 7.93. The summed E-state index contributed by atoms with van der Waals surface area (Å²) in [5.41, 5.74) is 4.11. The van der Waals surface area contributed by atoms with Crippen LogP contribution >= 0.6 is 11.6 Å². The average molecular weight is 244 g/mol. The van der Waals surface area contributed by atoms with Gasteiger partial charge in [-0.05, 0) is 36.2 Å². The highest BCUT2D eigenvalue weighted by Crippen LogP contribution is 2.31. The Bertz CT molecular complexity index is 688. The van der Waals surface area contributed by atoms with E-state index >= 15 is 0 Å². The topological polar surface area (TPSA) is 41.6 Å². The fourth-order valence-corrected chi connectivity index (χ4v) is 2.17. The number of pyridine rings is 1. The van der Waals surface area contributed by atoms with Crippen molar-refractivity contribution in [3.8, 4) is 11.1 Å². The van der Waals surface area contributed by atoms with Crippen LogP contribution in [0.1, 0.15) is 5.69 Å². The van der Waals surface area contributed by atoms with Gasteiger partial charge in [0.1, 0.15) is 0 Å². The van der Waals surface area contributed by atoms with E-state index < -0.39 is 0 Å². The number of aromatic amines is 1. The third kappa shape index (κ3) is 1.68. The molecule has 84 valence electrons. The van der Waals surface area contributed by atoms with Crippen LogP contribution in [0.3, 0.4) is 0 Å². The quantitative estimate of drug-likeness (QED) is 0.710. The molecule has 0 aliphatic carbocycles. The summed E-state index contributed by atoms with van der Waals surface area (Å²) in [6.45, 7) is 1.98. The van der Waals surface area contributed by atoms with Gasteiger partial charge in [-0.25, -0.2) is 0 Å². The number of nitrogens with one attached hydrogen (secondary N) is 1. The third-order valence-electron chi connectivity index (χ3n) is 2.77. The maximum absolute atomic E-state index is 6.11. The summed E-state index contributed by atoms with van der Waals surface area (Å²) >= 11 is 6.11. The van der Waals surface area contributed by atoms with Crippen LogP contribution in [0.2, 0.25) is 5.02 Å². The van der Waals surface area contributed by atoms with Crippen molar-refractivity contribution in [3.05, 3.63) is 47.4 Å². The molecule has 0 unspecified atom stereocenters. The number of aromatic nitrogens is 3. The van der Waals surface area contributed by atoms with Crippen molar-refractivity contribution in [2.75, 3.05) is 0 Å². The summed E-state index contributed by atoms with van der Waals surface area (Å²) in [4.78, 5) is 4.20. The molecular formula is C13H10ClN3. The Morgan fingerprint density at radius 2 is 2.12 bits per heavy atom. The van der Waals surface area contributed by atoms with E-state index in [-0.39, 0.29) is 0 Å². The van der Waals surface area contributed by atoms with Gasteiger partial charge >= 0.3 is 0 Å². The number of aryl methyl sites for hydroxylation is 1. The molecule has 3 aromatic rings. The first-order valence-electron chi connectivity index (χ1n) is 5.30. The second-order valence-corrected chi connectivity index (χ2v) is 4.35. The lowest BCUT2D eigenvalue weighted by Crippen LogP contribution is -1.84. The largest absolute Gasteiger partial charge is 0.276 e. The zero-order valence-corrected chi connectivity index (χ0v) is 9.99. The smallest absolute Gasteiger partial charge is 0.0842 e. The lowest BCUT2D eigenvalue weighted by Gasteiger charge is -2.04. The van der Waals surface area contributed by atoms with Crippen LogP contribution in [0.25, 0.3) is 22.0 Å². The standard InChI is InChI=1S/C13H10ClN3/c1-8-6-9(4-5-15-8)10-2-3-12(14)13-11(10)7-16-17-13/h2-7H,1H3,(H,16,17). The van der Waals surface area contributed by atoms with E-state index in [1.54, 1.807) is 6.20 Å². The molecule has 2 heterocycles. The van der Waals surface area contributed by atoms with E-state index in [1.165, 1.54) is 0 Å². The highest BCUT2D eigenvalue weighted by molar-refractivity contribution is 6.35. The van der Waals surface area contributed by atoms with E-state index in [0.717, 1.165) is 27.7 Å². The maximum Gasteiger partial charge on any atom is 0.0842 e. The lowest BCUT2D eigenvalue weighted by molar-refractivity contribution is 1.12. The Balaban J connectivity index is 2.31. The minimum atomic E-state index is 0.687. The van der Waals surface area contributed by atoms with Gasteiger partial charge in [-0.2, -0.15) is 5.10 Å². The molecule has 0 aliphatic heterocycles. The minimum absolute atomic E-state index is 0.687. The molecule has 0 saturated carbocycles. The van der Waals surface area contributed by atoms with Crippen molar-refractivity contribution in [2.45, 2.75) is 6.92 Å². The predicted octanol–water partition coefficient (Wildman–Crippen LogP) is 3.59. The number of fused-ring (bicyclic) bond motifs is 1. The molecule has 3 rings (SSSR count). The van der Waals surface area contributed by atoms with Gasteiger partial charge < -0.3 is 0 Å². The molecule has 0 spiro atoms. The minimum Gasteiger partial charge on any atom is -0.276 e. The normalized spacial score (nSPS) is 10.9. The van der Waals surface area contributed by atoms with Gasteiger partial charge in [-0.15, -0.1) is 0 Å². The van der Waals surface area contributed by atoms with Gasteiger partial charge in [0.2, 0.25) is 0 Å². The van der Waals surface area contributed by atoms with E-state index in [1.807, 2.05) is 31.3 Å². The molecule has 3 nitrogen and oxygen atoms in total. The number of halogens is 1. The van der Waals surface area contributed by atoms with Crippen LogP contribution in [0.15, 0.2) is 36.7 Å². The molecule has 0 amide bonds. The molecule has 2 aromatic heterocycles. The predicted molar refractivity (Wildman–Crippen MR) is 69.1 cm³/mol. The molecule has 0 bridgehead atoms. The van der Waals surface area contributed by atoms with Crippen molar-refractivity contribution >= 4 is 22.5 Å². The van der Waals surface area contributed by atoms with Crippen LogP contribution in [0.5, 0.6) is 0 Å². The Hall–Kier alpha value is -1.87. The molecule has 0 saturated heterocycles. The van der Waals surface area contributed by atoms with Crippen molar-refractivity contribution in [2.24, 2.45) is 0 Å². The van der Waals surface area contributed by atoms with Crippen LogP contribution < -0.4 is 0 Å². The molecule has 0 aliphatic rings. The number of hydrogen-bond donors (Lipinski definition) is 1. The van der Waals surface area contributed by atoms with Crippen molar-refractivity contribution < 1.29 is 0 Å². The lowest BCUT2D eigenvalue weighted by atomic mass is 10.0. The summed E-state index contributed by atoms with van der Waals surface area (Å²) in [7, 11) is 0. The van der Waals surface area contributed by atoms with Gasteiger partial charge in [-0.1, -0.05) is 17.7 Å². The van der Waals surface area contributed by atoms with E-state index in [9.17, 15) is 0 Å². The fourth-order valence-electron chi connectivity index (χ4n) is 1.97. The van der Waals surface area contributed by atoms with E-state index in [2.05, 4.69) is 21.2 Å². The molecule has 0 fully saturated rings. The number of benzene rings is 1. The SMILES string of the molecule is Cc1cc(-c2ccc(Cl)c3[nH]ncc23)ccn1. The molecule has 1 N–H and O–H groups in total. The molecule has 1 aromatic carbocycles. The first kappa shape index (κ1) is 10.3. The summed E-state index contributed by atoms with van der Waals surface area (Å²) < 4.78 is 0. The van der Waals surface area contributed by atoms with Gasteiger partial charge in [0.25, 0.3) is 0 Å². The zero-order valence-electron chi connectivity index (χ0n) is 9.24. The van der Waals surface area contributed by atoms with Crippen molar-refractivity contribution in [3.63, 3.8) is 0 Å². The van der Waals surface area contributed by atoms with Gasteiger partial charge in [0.05, 0.1) is 16.7 Å². The van der Waals surface area contributed by atoms with Crippen LogP contribution in [0, 0.1) is 6.92 Å². The van der Waals surface area contributed by atoms with Crippen LogP contribution in [-0.4, -0.2) is 15.2 Å². The summed E-state index contributed by atoms with van der Waals surface area (Å²) in [5.74, 6) is 0. The maximum atomic E-state index is 6.11. The van der Waals surface area contributed by atoms with Crippen molar-refractivity contribution in [1.82, 2.24) is 15.2 Å². The molecule has 4 heteroatoms. The number of nitrogens with zero attached hydrogens (tertiary/aromatic N) is 2. The number of hydrogen-bond acceptors (Lipinski definition) is 2. The fraction of sp³-hybridized carbons (Fsp3) is 0.0769. The van der Waals surface area contributed by atoms with Crippen LogP contribution in [0.4, 0.5) is 0 Å². The van der Waals surface area contributed by atoms with Crippen molar-refractivity contribution in [1.29, 1.82) is 0 Å². The Morgan fingerprint density at radius 3 is 2.94 bits per heavy atom. The first-order valence-corrected chi connectivity index (χ1v) is 5.68. The monoisotopic (exact) mass is 243 g/mol. The average Bonchev–Trinajstić information content (AvgIpc) is 2.79. The second kappa shape index (κ2) is 3.86. The highest BCUT2D eigenvalue weighted by atomic mass is 35.5. The van der Waals surface area contributed by atoms with Crippen LogP contribution in [-0.2, 0) is 0 Å². The van der Waals surface area contributed by atoms with E-state index in [4.69, 9.17) is 11.6 Å². The van der Waals surface area contributed by atoms with Gasteiger partial charge in [0, 0.05) is 17.3 Å².